The van der Waals surface area contributed by atoms with E-state index in [2.05, 4.69) is 5.32 Å². The first-order valence-electron chi connectivity index (χ1n) is 7.89. The number of esters is 1. The number of hydrogen-bond acceptors (Lipinski definition) is 5. The van der Waals surface area contributed by atoms with Crippen LogP contribution in [0.25, 0.3) is 5.88 Å². The summed E-state index contributed by atoms with van der Waals surface area (Å²) >= 11 is 0. The van der Waals surface area contributed by atoms with Gasteiger partial charge < -0.3 is 14.5 Å². The van der Waals surface area contributed by atoms with Crippen molar-refractivity contribution in [2.75, 3.05) is 11.9 Å². The second kappa shape index (κ2) is 7.58. The second-order valence-electron chi connectivity index (χ2n) is 5.55. The first-order chi connectivity index (χ1) is 13.0. The molecule has 0 atom stereocenters. The van der Waals surface area contributed by atoms with Gasteiger partial charge in [0.05, 0.1) is 0 Å². The van der Waals surface area contributed by atoms with Crippen LogP contribution in [0.4, 0.5) is 10.1 Å². The quantitative estimate of drug-likeness (QED) is 0.699. The van der Waals surface area contributed by atoms with Gasteiger partial charge in [-0.2, -0.15) is 5.26 Å². The van der Waals surface area contributed by atoms with Crippen LogP contribution >= 0.6 is 0 Å². The number of aromatic nitrogens is 1. The van der Waals surface area contributed by atoms with Crippen molar-refractivity contribution < 1.29 is 23.1 Å². The highest BCUT2D eigenvalue weighted by molar-refractivity contribution is 5.97. The maximum atomic E-state index is 13.1. The number of carbonyl (C=O) groups excluding carboxylic acids is 2. The van der Waals surface area contributed by atoms with Crippen molar-refractivity contribution in [3.63, 3.8) is 0 Å². The van der Waals surface area contributed by atoms with E-state index in [0.29, 0.717) is 0 Å². The van der Waals surface area contributed by atoms with E-state index in [1.165, 1.54) is 25.1 Å². The van der Waals surface area contributed by atoms with Gasteiger partial charge in [0.2, 0.25) is 5.88 Å². The molecule has 1 N–H and O–H groups in total. The van der Waals surface area contributed by atoms with Crippen molar-refractivity contribution >= 4 is 17.6 Å². The monoisotopic (exact) mass is 367 g/mol. The second-order valence-corrected chi connectivity index (χ2v) is 5.55. The Balaban J connectivity index is 1.71. The molecule has 0 aliphatic rings. The average molecular weight is 367 g/mol. The van der Waals surface area contributed by atoms with E-state index in [1.54, 1.807) is 29.1 Å². The summed E-state index contributed by atoms with van der Waals surface area (Å²) in [4.78, 5) is 24.2. The smallest absolute Gasteiger partial charge is 0.343 e. The van der Waals surface area contributed by atoms with Crippen LogP contribution in [0, 0.1) is 24.1 Å². The molecular formula is C19H14FN3O4. The molecule has 0 aliphatic carbocycles. The van der Waals surface area contributed by atoms with E-state index in [4.69, 9.17) is 9.15 Å². The highest BCUT2D eigenvalue weighted by atomic mass is 19.1. The van der Waals surface area contributed by atoms with Crippen LogP contribution in [0.1, 0.15) is 21.7 Å². The van der Waals surface area contributed by atoms with Gasteiger partial charge in [-0.05, 0) is 37.3 Å². The molecule has 0 fully saturated rings. The molecule has 7 nitrogen and oxygen atoms in total. The predicted octanol–water partition coefficient (Wildman–Crippen LogP) is 3.19. The third-order valence-corrected chi connectivity index (χ3v) is 3.66. The van der Waals surface area contributed by atoms with Crippen LogP contribution in [0.2, 0.25) is 0 Å². The van der Waals surface area contributed by atoms with Gasteiger partial charge in [-0.25, -0.2) is 9.18 Å². The van der Waals surface area contributed by atoms with Crippen LogP contribution in [0.3, 0.4) is 0 Å². The summed E-state index contributed by atoms with van der Waals surface area (Å²) in [5.41, 5.74) is 0.210. The third kappa shape index (κ3) is 3.88. The number of aryl methyl sites for hydroxylation is 1. The average Bonchev–Trinajstić information content (AvgIpc) is 3.27. The summed E-state index contributed by atoms with van der Waals surface area (Å²) in [5.74, 6) is -1.61. The Morgan fingerprint density at radius 1 is 1.30 bits per heavy atom. The first kappa shape index (κ1) is 17.9. The minimum absolute atomic E-state index is 0.0132. The number of anilines is 1. The van der Waals surface area contributed by atoms with Gasteiger partial charge in [0, 0.05) is 18.1 Å². The van der Waals surface area contributed by atoms with E-state index >= 15 is 0 Å². The first-order valence-corrected chi connectivity index (χ1v) is 7.89. The number of nitrogens with one attached hydrogen (secondary N) is 1. The normalized spacial score (nSPS) is 10.3. The van der Waals surface area contributed by atoms with Crippen LogP contribution in [0.5, 0.6) is 0 Å². The van der Waals surface area contributed by atoms with Gasteiger partial charge in [-0.15, -0.1) is 0 Å². The molecule has 2 heterocycles. The number of nitriles is 1. The van der Waals surface area contributed by atoms with Crippen molar-refractivity contribution in [2.24, 2.45) is 0 Å². The molecule has 0 aliphatic heterocycles. The van der Waals surface area contributed by atoms with Crippen LogP contribution in [-0.2, 0) is 9.53 Å². The Kier molecular flexibility index (Phi) is 5.04. The number of nitrogens with zero attached hydrogens (tertiary/aromatic N) is 2. The van der Waals surface area contributed by atoms with E-state index in [1.807, 2.05) is 6.07 Å². The molecule has 136 valence electrons. The van der Waals surface area contributed by atoms with E-state index in [0.717, 1.165) is 6.07 Å². The van der Waals surface area contributed by atoms with Gasteiger partial charge in [0.15, 0.2) is 6.61 Å². The highest BCUT2D eigenvalue weighted by Gasteiger charge is 2.26. The number of ether oxygens (including phenoxy) is 1. The fraction of sp³-hybridized carbons (Fsp3) is 0.105. The minimum atomic E-state index is -0.861. The number of benzene rings is 1. The summed E-state index contributed by atoms with van der Waals surface area (Å²) < 4.78 is 25.2. The molecule has 2 aromatic heterocycles. The van der Waals surface area contributed by atoms with Gasteiger partial charge in [0.1, 0.15) is 28.8 Å². The Bertz CT molecular complexity index is 1030. The molecular weight excluding hydrogens is 353 g/mol. The SMILES string of the molecule is Cc1oc(-n2cccc2)c(C#N)c1C(=O)OCC(=O)Nc1cccc(F)c1. The fourth-order valence-corrected chi connectivity index (χ4v) is 2.50. The molecule has 0 bridgehead atoms. The molecule has 3 aromatic rings. The lowest BCUT2D eigenvalue weighted by atomic mass is 10.1. The number of amides is 1. The van der Waals surface area contributed by atoms with Crippen molar-refractivity contribution in [1.29, 1.82) is 5.26 Å². The zero-order valence-electron chi connectivity index (χ0n) is 14.2. The Morgan fingerprint density at radius 3 is 2.70 bits per heavy atom. The molecule has 27 heavy (non-hydrogen) atoms. The summed E-state index contributed by atoms with van der Waals surface area (Å²) in [6.45, 7) is 0.931. The predicted molar refractivity (Wildman–Crippen MR) is 92.8 cm³/mol. The lowest BCUT2D eigenvalue weighted by molar-refractivity contribution is -0.119. The highest BCUT2D eigenvalue weighted by Crippen LogP contribution is 2.26. The van der Waals surface area contributed by atoms with Gasteiger partial charge in [-0.1, -0.05) is 6.07 Å². The van der Waals surface area contributed by atoms with Crippen LogP contribution in [0.15, 0.2) is 53.2 Å². The summed E-state index contributed by atoms with van der Waals surface area (Å²) in [7, 11) is 0. The summed E-state index contributed by atoms with van der Waals surface area (Å²) in [6, 6.07) is 10.7. The largest absolute Gasteiger partial charge is 0.452 e. The number of hydrogen-bond donors (Lipinski definition) is 1. The zero-order valence-corrected chi connectivity index (χ0v) is 14.2. The molecule has 0 spiro atoms. The molecule has 1 amide bonds. The molecule has 0 radical (unpaired) electrons. The van der Waals surface area contributed by atoms with E-state index in [-0.39, 0.29) is 28.5 Å². The Labute approximate surface area is 153 Å². The minimum Gasteiger partial charge on any atom is -0.452 e. The maximum Gasteiger partial charge on any atom is 0.343 e. The van der Waals surface area contributed by atoms with Gasteiger partial charge in [0.25, 0.3) is 5.91 Å². The fourth-order valence-electron chi connectivity index (χ4n) is 2.50. The van der Waals surface area contributed by atoms with Gasteiger partial charge >= 0.3 is 5.97 Å². The molecule has 1 aromatic carbocycles. The number of furan rings is 1. The third-order valence-electron chi connectivity index (χ3n) is 3.66. The number of halogens is 1. The van der Waals surface area contributed by atoms with Crippen molar-refractivity contribution in [1.82, 2.24) is 4.57 Å². The molecule has 8 heteroatoms. The summed E-state index contributed by atoms with van der Waals surface area (Å²) in [6.07, 6.45) is 3.33. The molecule has 0 saturated heterocycles. The Morgan fingerprint density at radius 2 is 2.04 bits per heavy atom. The zero-order chi connectivity index (χ0) is 19.4. The van der Waals surface area contributed by atoms with Crippen molar-refractivity contribution in [2.45, 2.75) is 6.92 Å². The molecule has 0 saturated carbocycles. The maximum absolute atomic E-state index is 13.1. The van der Waals surface area contributed by atoms with Crippen molar-refractivity contribution in [3.05, 3.63) is 71.5 Å². The van der Waals surface area contributed by atoms with Crippen LogP contribution in [-0.4, -0.2) is 23.1 Å². The lowest BCUT2D eigenvalue weighted by Crippen LogP contribution is -2.21. The Hall–Kier alpha value is -3.86. The van der Waals surface area contributed by atoms with Crippen LogP contribution < -0.4 is 5.32 Å². The summed E-state index contributed by atoms with van der Waals surface area (Å²) in [5, 5.41) is 11.8. The number of rotatable bonds is 5. The lowest BCUT2D eigenvalue weighted by Gasteiger charge is -2.06. The van der Waals surface area contributed by atoms with E-state index in [9.17, 15) is 19.2 Å². The molecule has 0 unspecified atom stereocenters. The topological polar surface area (TPSA) is 97.3 Å². The number of carbonyl (C=O) groups is 2. The standard InChI is InChI=1S/C19H14FN3O4/c1-12-17(15(10-21)18(27-12)23-7-2-3-8-23)19(25)26-11-16(24)22-14-6-4-5-13(20)9-14/h2-9H,11H2,1H3,(H,22,24). The van der Waals surface area contributed by atoms with Gasteiger partial charge in [-0.3, -0.25) is 9.36 Å². The van der Waals surface area contributed by atoms with E-state index < -0.39 is 24.3 Å². The molecule has 3 rings (SSSR count). The van der Waals surface area contributed by atoms with Crippen molar-refractivity contribution in [3.8, 4) is 12.0 Å².